The lowest BCUT2D eigenvalue weighted by atomic mass is 10.1. The Bertz CT molecular complexity index is 867. The highest BCUT2D eigenvalue weighted by Gasteiger charge is 2.07. The summed E-state index contributed by atoms with van der Waals surface area (Å²) in [5, 5.41) is 0.908. The number of hydrogen-bond donors (Lipinski definition) is 2. The van der Waals surface area contributed by atoms with Crippen LogP contribution in [-0.4, -0.2) is 28.0 Å². The fourth-order valence-electron chi connectivity index (χ4n) is 2.19. The van der Waals surface area contributed by atoms with Crippen molar-refractivity contribution in [2.24, 2.45) is 5.73 Å². The van der Waals surface area contributed by atoms with Gasteiger partial charge in [0, 0.05) is 47.2 Å². The number of methoxy groups -OCH3 is 1. The Kier molecular flexibility index (Phi) is 3.57. The summed E-state index contributed by atoms with van der Waals surface area (Å²) in [6, 6.07) is 5.72. The number of nitrogens with zero attached hydrogens (tertiary/aromatic N) is 2. The molecule has 0 aliphatic rings. The lowest BCUT2D eigenvalue weighted by Gasteiger charge is -2.04. The first-order valence-corrected chi connectivity index (χ1v) is 6.62. The average Bonchev–Trinajstić information content (AvgIpc) is 2.95. The van der Waals surface area contributed by atoms with Gasteiger partial charge in [0.2, 0.25) is 11.8 Å². The van der Waals surface area contributed by atoms with Gasteiger partial charge in [-0.05, 0) is 23.8 Å². The summed E-state index contributed by atoms with van der Waals surface area (Å²) in [5.41, 5.74) is 8.61. The van der Waals surface area contributed by atoms with Crippen LogP contribution in [0.1, 0.15) is 5.56 Å². The van der Waals surface area contributed by atoms with Crippen LogP contribution in [0.2, 0.25) is 0 Å². The van der Waals surface area contributed by atoms with Crippen molar-refractivity contribution in [3.63, 3.8) is 0 Å². The molecule has 0 aromatic carbocycles. The molecule has 3 aromatic heterocycles. The molecule has 3 heterocycles. The Morgan fingerprint density at radius 2 is 2.18 bits per heavy atom. The predicted octanol–water partition coefficient (Wildman–Crippen LogP) is 2.13. The van der Waals surface area contributed by atoms with E-state index in [-0.39, 0.29) is 0 Å². The largest absolute Gasteiger partial charge is 0.481 e. The normalized spacial score (nSPS) is 11.1. The molecule has 0 radical (unpaired) electrons. The molecule has 6 heteroatoms. The summed E-state index contributed by atoms with van der Waals surface area (Å²) in [5.74, 6) is 0.0536. The van der Waals surface area contributed by atoms with Gasteiger partial charge in [0.25, 0.3) is 0 Å². The minimum atomic E-state index is -0.489. The maximum atomic E-state index is 10.9. The maximum Gasteiger partial charge on any atom is 0.241 e. The number of aromatic nitrogens is 3. The monoisotopic (exact) mass is 294 g/mol. The van der Waals surface area contributed by atoms with E-state index in [1.807, 2.05) is 18.2 Å². The first-order chi connectivity index (χ1) is 10.7. The molecule has 3 rings (SSSR count). The van der Waals surface area contributed by atoms with E-state index in [0.29, 0.717) is 5.88 Å². The first kappa shape index (κ1) is 13.8. The van der Waals surface area contributed by atoms with Gasteiger partial charge in [-0.3, -0.25) is 4.79 Å². The van der Waals surface area contributed by atoms with Crippen LogP contribution in [0.3, 0.4) is 0 Å². The number of nitrogens with one attached hydrogen (secondary N) is 1. The molecule has 0 atom stereocenters. The van der Waals surface area contributed by atoms with E-state index in [1.54, 1.807) is 31.8 Å². The third-order valence-electron chi connectivity index (χ3n) is 3.27. The van der Waals surface area contributed by atoms with Crippen LogP contribution < -0.4 is 10.5 Å². The van der Waals surface area contributed by atoms with Crippen molar-refractivity contribution in [3.05, 3.63) is 48.4 Å². The highest BCUT2D eigenvalue weighted by molar-refractivity contribution is 5.95. The van der Waals surface area contributed by atoms with Crippen molar-refractivity contribution in [2.75, 3.05) is 7.11 Å². The van der Waals surface area contributed by atoms with Gasteiger partial charge < -0.3 is 15.5 Å². The number of pyridine rings is 2. The SMILES string of the molecule is COc1cc(-c2cnc3[nH]cc(C=CC(N)=O)c3c2)ccn1. The predicted molar refractivity (Wildman–Crippen MR) is 84.1 cm³/mol. The molecule has 0 saturated heterocycles. The van der Waals surface area contributed by atoms with Gasteiger partial charge in [-0.25, -0.2) is 9.97 Å². The lowest BCUT2D eigenvalue weighted by molar-refractivity contribution is -0.113. The number of hydrogen-bond acceptors (Lipinski definition) is 4. The Morgan fingerprint density at radius 3 is 2.95 bits per heavy atom. The fourth-order valence-corrected chi connectivity index (χ4v) is 2.19. The molecule has 6 nitrogen and oxygen atoms in total. The zero-order valence-electron chi connectivity index (χ0n) is 11.9. The van der Waals surface area contributed by atoms with Crippen LogP contribution in [0.4, 0.5) is 0 Å². The van der Waals surface area contributed by atoms with Gasteiger partial charge in [-0.2, -0.15) is 0 Å². The second kappa shape index (κ2) is 5.69. The van der Waals surface area contributed by atoms with Crippen LogP contribution in [0.5, 0.6) is 5.88 Å². The van der Waals surface area contributed by atoms with Gasteiger partial charge in [0.05, 0.1) is 7.11 Å². The Hall–Kier alpha value is -3.15. The first-order valence-electron chi connectivity index (χ1n) is 6.62. The fraction of sp³-hybridized carbons (Fsp3) is 0.0625. The van der Waals surface area contributed by atoms with E-state index in [4.69, 9.17) is 10.5 Å². The molecular formula is C16H14N4O2. The summed E-state index contributed by atoms with van der Waals surface area (Å²) in [7, 11) is 1.58. The number of amides is 1. The van der Waals surface area contributed by atoms with Crippen molar-refractivity contribution in [2.45, 2.75) is 0 Å². The number of primary amides is 1. The number of nitrogens with two attached hydrogens (primary N) is 1. The van der Waals surface area contributed by atoms with Gasteiger partial charge >= 0.3 is 0 Å². The lowest BCUT2D eigenvalue weighted by Crippen LogP contribution is -2.04. The van der Waals surface area contributed by atoms with Crippen LogP contribution in [0.15, 0.2) is 42.9 Å². The number of rotatable bonds is 4. The molecule has 0 fully saturated rings. The number of H-pyrrole nitrogens is 1. The van der Waals surface area contributed by atoms with Crippen molar-refractivity contribution >= 4 is 23.0 Å². The molecule has 0 aliphatic carbocycles. The molecule has 0 unspecified atom stereocenters. The third kappa shape index (κ3) is 2.67. The van der Waals surface area contributed by atoms with Gasteiger partial charge in [0.15, 0.2) is 0 Å². The van der Waals surface area contributed by atoms with Crippen LogP contribution in [0.25, 0.3) is 28.2 Å². The molecule has 1 amide bonds. The number of carbonyl (C=O) groups is 1. The molecule has 0 spiro atoms. The number of fused-ring (bicyclic) bond motifs is 1. The number of ether oxygens (including phenoxy) is 1. The van der Waals surface area contributed by atoms with Crippen LogP contribution >= 0.6 is 0 Å². The summed E-state index contributed by atoms with van der Waals surface area (Å²) < 4.78 is 5.14. The smallest absolute Gasteiger partial charge is 0.241 e. The Labute approximate surface area is 126 Å². The summed E-state index contributed by atoms with van der Waals surface area (Å²) >= 11 is 0. The average molecular weight is 294 g/mol. The van der Waals surface area contributed by atoms with E-state index in [2.05, 4.69) is 15.0 Å². The second-order valence-electron chi connectivity index (χ2n) is 4.69. The molecular weight excluding hydrogens is 280 g/mol. The van der Waals surface area contributed by atoms with Gasteiger partial charge in [-0.1, -0.05) is 0 Å². The number of aromatic amines is 1. The Balaban J connectivity index is 2.08. The zero-order valence-corrected chi connectivity index (χ0v) is 11.9. The van der Waals surface area contributed by atoms with Gasteiger partial charge in [0.1, 0.15) is 5.65 Å². The topological polar surface area (TPSA) is 93.9 Å². The van der Waals surface area contributed by atoms with Crippen molar-refractivity contribution in [1.82, 2.24) is 15.0 Å². The molecule has 3 aromatic rings. The van der Waals surface area contributed by atoms with Crippen molar-refractivity contribution in [3.8, 4) is 17.0 Å². The van der Waals surface area contributed by atoms with E-state index in [0.717, 1.165) is 27.7 Å². The quantitative estimate of drug-likeness (QED) is 0.721. The standard InChI is InChI=1S/C16H14N4O2/c1-22-15-7-10(4-5-18-15)12-6-13-11(2-3-14(17)21)8-19-16(13)20-9-12/h2-9H,1H3,(H2,17,21)(H,19,20). The minimum Gasteiger partial charge on any atom is -0.481 e. The number of carbonyl (C=O) groups excluding carboxylic acids is 1. The summed E-state index contributed by atoms with van der Waals surface area (Å²) in [6.45, 7) is 0. The molecule has 22 heavy (non-hydrogen) atoms. The third-order valence-corrected chi connectivity index (χ3v) is 3.27. The molecule has 0 saturated carbocycles. The van der Waals surface area contributed by atoms with Crippen LogP contribution in [-0.2, 0) is 4.79 Å². The molecule has 0 bridgehead atoms. The summed E-state index contributed by atoms with van der Waals surface area (Å²) in [4.78, 5) is 22.4. The van der Waals surface area contributed by atoms with E-state index in [1.165, 1.54) is 6.08 Å². The molecule has 3 N–H and O–H groups in total. The highest BCUT2D eigenvalue weighted by Crippen LogP contribution is 2.26. The van der Waals surface area contributed by atoms with E-state index >= 15 is 0 Å². The summed E-state index contributed by atoms with van der Waals surface area (Å²) in [6.07, 6.45) is 8.23. The molecule has 0 aliphatic heterocycles. The van der Waals surface area contributed by atoms with Gasteiger partial charge in [-0.15, -0.1) is 0 Å². The minimum absolute atomic E-state index is 0.489. The van der Waals surface area contributed by atoms with Crippen molar-refractivity contribution < 1.29 is 9.53 Å². The van der Waals surface area contributed by atoms with E-state index in [9.17, 15) is 4.79 Å². The maximum absolute atomic E-state index is 10.9. The zero-order chi connectivity index (χ0) is 15.5. The highest BCUT2D eigenvalue weighted by atomic mass is 16.5. The second-order valence-corrected chi connectivity index (χ2v) is 4.69. The van der Waals surface area contributed by atoms with Crippen LogP contribution in [0, 0.1) is 0 Å². The van der Waals surface area contributed by atoms with E-state index < -0.39 is 5.91 Å². The molecule has 110 valence electrons. The van der Waals surface area contributed by atoms with Crippen molar-refractivity contribution in [1.29, 1.82) is 0 Å². The Morgan fingerprint density at radius 1 is 1.32 bits per heavy atom.